The van der Waals surface area contributed by atoms with Gasteiger partial charge in [-0.1, -0.05) is 30.3 Å². The Kier molecular flexibility index (Phi) is 4.67. The molecular formula is C20H21N3O2. The van der Waals surface area contributed by atoms with Crippen LogP contribution < -0.4 is 11.1 Å². The van der Waals surface area contributed by atoms with Gasteiger partial charge >= 0.3 is 0 Å². The second-order valence-corrected chi connectivity index (χ2v) is 6.16. The van der Waals surface area contributed by atoms with Crippen molar-refractivity contribution in [3.05, 3.63) is 59.3 Å². The second-order valence-electron chi connectivity index (χ2n) is 6.16. The molecule has 0 unspecified atom stereocenters. The van der Waals surface area contributed by atoms with Crippen molar-refractivity contribution in [2.75, 3.05) is 0 Å². The van der Waals surface area contributed by atoms with E-state index in [4.69, 9.17) is 5.73 Å². The molecule has 0 bridgehead atoms. The quantitative estimate of drug-likeness (QED) is 0.627. The van der Waals surface area contributed by atoms with Crippen molar-refractivity contribution in [1.82, 2.24) is 10.3 Å². The van der Waals surface area contributed by atoms with Crippen LogP contribution in [0.15, 0.2) is 42.5 Å². The Morgan fingerprint density at radius 2 is 1.96 bits per heavy atom. The Labute approximate surface area is 146 Å². The summed E-state index contributed by atoms with van der Waals surface area (Å²) in [7, 11) is 0. The fraction of sp³-hybridized carbons (Fsp3) is 0.200. The van der Waals surface area contributed by atoms with Crippen molar-refractivity contribution in [2.24, 2.45) is 5.73 Å². The van der Waals surface area contributed by atoms with Gasteiger partial charge in [0.2, 0.25) is 5.78 Å². The summed E-state index contributed by atoms with van der Waals surface area (Å²) in [6, 6.07) is 14.2. The third-order valence-corrected chi connectivity index (χ3v) is 4.25. The van der Waals surface area contributed by atoms with Crippen LogP contribution in [0.25, 0.3) is 22.0 Å². The molecule has 1 heterocycles. The second kappa shape index (κ2) is 6.91. The Balaban J connectivity index is 1.97. The van der Waals surface area contributed by atoms with Crippen LogP contribution >= 0.6 is 0 Å². The molecule has 0 aliphatic carbocycles. The van der Waals surface area contributed by atoms with Gasteiger partial charge in [-0.25, -0.2) is 0 Å². The number of amides is 1. The standard InChI is InChI=1S/C20H21N3O2/c1-12-8-18-17(7-6-16(10-21)19(18)23-12)15-5-3-4-14(9-15)11-22-20(25)13(2)24/h3-9,23H,10-11,21H2,1-2H3,(H,22,25). The first-order valence-electron chi connectivity index (χ1n) is 8.19. The first kappa shape index (κ1) is 16.9. The first-order chi connectivity index (χ1) is 12.0. The molecule has 3 rings (SSSR count). The molecule has 0 aliphatic rings. The molecule has 5 heteroatoms. The van der Waals surface area contributed by atoms with E-state index in [1.165, 1.54) is 6.92 Å². The largest absolute Gasteiger partial charge is 0.358 e. The summed E-state index contributed by atoms with van der Waals surface area (Å²) in [5.41, 5.74) is 12.2. The van der Waals surface area contributed by atoms with E-state index < -0.39 is 11.7 Å². The molecule has 0 spiro atoms. The number of benzene rings is 2. The van der Waals surface area contributed by atoms with Crippen LogP contribution in [-0.2, 0) is 22.7 Å². The number of nitrogens with one attached hydrogen (secondary N) is 2. The predicted octanol–water partition coefficient (Wildman–Crippen LogP) is 2.81. The lowest BCUT2D eigenvalue weighted by Gasteiger charge is -2.09. The number of ketones is 1. The highest BCUT2D eigenvalue weighted by Crippen LogP contribution is 2.31. The highest BCUT2D eigenvalue weighted by molar-refractivity contribution is 6.35. The molecule has 0 atom stereocenters. The zero-order valence-electron chi connectivity index (χ0n) is 14.3. The first-order valence-corrected chi connectivity index (χ1v) is 8.19. The molecule has 0 aliphatic heterocycles. The number of carbonyl (C=O) groups is 2. The van der Waals surface area contributed by atoms with Crippen LogP contribution in [0.5, 0.6) is 0 Å². The third kappa shape index (κ3) is 3.46. The Hall–Kier alpha value is -2.92. The number of aryl methyl sites for hydroxylation is 1. The SMILES string of the molecule is CC(=O)C(=O)NCc1cccc(-c2ccc(CN)c3[nH]c(C)cc23)c1. The van der Waals surface area contributed by atoms with Gasteiger partial charge in [0.05, 0.1) is 5.52 Å². The number of aromatic amines is 1. The molecule has 25 heavy (non-hydrogen) atoms. The van der Waals surface area contributed by atoms with Crippen molar-refractivity contribution in [2.45, 2.75) is 26.9 Å². The summed E-state index contributed by atoms with van der Waals surface area (Å²) < 4.78 is 0. The minimum absolute atomic E-state index is 0.322. The zero-order chi connectivity index (χ0) is 18.0. The molecule has 0 saturated heterocycles. The number of hydrogen-bond acceptors (Lipinski definition) is 3. The van der Waals surface area contributed by atoms with Crippen molar-refractivity contribution in [1.29, 1.82) is 0 Å². The average Bonchev–Trinajstić information content (AvgIpc) is 3.00. The molecule has 2 aromatic carbocycles. The van der Waals surface area contributed by atoms with Gasteiger partial charge in [-0.2, -0.15) is 0 Å². The minimum Gasteiger partial charge on any atom is -0.358 e. The van der Waals surface area contributed by atoms with Gasteiger partial charge in [-0.15, -0.1) is 0 Å². The lowest BCUT2D eigenvalue weighted by Crippen LogP contribution is -2.28. The summed E-state index contributed by atoms with van der Waals surface area (Å²) in [5.74, 6) is -1.06. The normalized spacial score (nSPS) is 10.8. The van der Waals surface area contributed by atoms with Gasteiger partial charge in [0.15, 0.2) is 0 Å². The summed E-state index contributed by atoms with van der Waals surface area (Å²) in [4.78, 5) is 25.9. The lowest BCUT2D eigenvalue weighted by atomic mass is 9.97. The highest BCUT2D eigenvalue weighted by Gasteiger charge is 2.11. The van der Waals surface area contributed by atoms with Crippen molar-refractivity contribution in [3.8, 4) is 11.1 Å². The topological polar surface area (TPSA) is 88.0 Å². The minimum atomic E-state index is -0.568. The maximum atomic E-state index is 11.4. The number of Topliss-reactive ketones (excluding diaryl/α,β-unsaturated/α-hetero) is 1. The summed E-state index contributed by atoms with van der Waals surface area (Å²) >= 11 is 0. The van der Waals surface area contributed by atoms with Gasteiger partial charge in [-0.05, 0) is 41.3 Å². The van der Waals surface area contributed by atoms with Crippen LogP contribution in [0.2, 0.25) is 0 Å². The Morgan fingerprint density at radius 3 is 2.68 bits per heavy atom. The van der Waals surface area contributed by atoms with Crippen LogP contribution in [0, 0.1) is 6.92 Å². The fourth-order valence-corrected chi connectivity index (χ4v) is 2.99. The van der Waals surface area contributed by atoms with E-state index in [2.05, 4.69) is 22.4 Å². The van der Waals surface area contributed by atoms with Crippen molar-refractivity contribution in [3.63, 3.8) is 0 Å². The van der Waals surface area contributed by atoms with Crippen LogP contribution in [0.1, 0.15) is 23.7 Å². The summed E-state index contributed by atoms with van der Waals surface area (Å²) in [5, 5.41) is 3.76. The predicted molar refractivity (Wildman–Crippen MR) is 98.9 cm³/mol. The molecule has 4 N–H and O–H groups in total. The van der Waals surface area contributed by atoms with E-state index in [9.17, 15) is 9.59 Å². The smallest absolute Gasteiger partial charge is 0.287 e. The van der Waals surface area contributed by atoms with Crippen molar-refractivity contribution < 1.29 is 9.59 Å². The van der Waals surface area contributed by atoms with E-state index in [0.717, 1.165) is 38.9 Å². The maximum Gasteiger partial charge on any atom is 0.287 e. The van der Waals surface area contributed by atoms with Crippen molar-refractivity contribution >= 4 is 22.6 Å². The molecule has 1 amide bonds. The molecule has 0 fully saturated rings. The molecule has 3 aromatic rings. The number of hydrogen-bond donors (Lipinski definition) is 3. The van der Waals surface area contributed by atoms with Gasteiger partial charge in [-0.3, -0.25) is 9.59 Å². The van der Waals surface area contributed by atoms with E-state index in [1.807, 2.05) is 37.3 Å². The summed E-state index contributed by atoms with van der Waals surface area (Å²) in [6.07, 6.45) is 0. The number of fused-ring (bicyclic) bond motifs is 1. The van der Waals surface area contributed by atoms with Crippen LogP contribution in [0.4, 0.5) is 0 Å². The highest BCUT2D eigenvalue weighted by atomic mass is 16.2. The third-order valence-electron chi connectivity index (χ3n) is 4.25. The van der Waals surface area contributed by atoms with Gasteiger partial charge < -0.3 is 16.0 Å². The van der Waals surface area contributed by atoms with E-state index in [0.29, 0.717) is 13.1 Å². The average molecular weight is 335 g/mol. The molecule has 0 radical (unpaired) electrons. The number of nitrogens with two attached hydrogens (primary N) is 1. The Morgan fingerprint density at radius 1 is 1.16 bits per heavy atom. The monoisotopic (exact) mass is 335 g/mol. The fourth-order valence-electron chi connectivity index (χ4n) is 2.99. The van der Waals surface area contributed by atoms with Crippen LogP contribution in [-0.4, -0.2) is 16.7 Å². The van der Waals surface area contributed by atoms with E-state index in [1.54, 1.807) is 0 Å². The lowest BCUT2D eigenvalue weighted by molar-refractivity contribution is -0.136. The molecular weight excluding hydrogens is 314 g/mol. The Bertz CT molecular complexity index is 957. The van der Waals surface area contributed by atoms with E-state index in [-0.39, 0.29) is 0 Å². The maximum absolute atomic E-state index is 11.4. The molecule has 5 nitrogen and oxygen atoms in total. The summed E-state index contributed by atoms with van der Waals surface area (Å²) in [6.45, 7) is 4.09. The van der Waals surface area contributed by atoms with Gasteiger partial charge in [0, 0.05) is 31.1 Å². The van der Waals surface area contributed by atoms with Gasteiger partial charge in [0.1, 0.15) is 0 Å². The zero-order valence-corrected chi connectivity index (χ0v) is 14.3. The number of aromatic nitrogens is 1. The number of H-pyrrole nitrogens is 1. The van der Waals surface area contributed by atoms with Crippen LogP contribution in [0.3, 0.4) is 0 Å². The number of rotatable bonds is 5. The number of carbonyl (C=O) groups excluding carboxylic acids is 2. The molecule has 1 aromatic heterocycles. The molecule has 0 saturated carbocycles. The van der Waals surface area contributed by atoms with Gasteiger partial charge in [0.25, 0.3) is 5.91 Å². The van der Waals surface area contributed by atoms with E-state index >= 15 is 0 Å². The molecule has 128 valence electrons.